The van der Waals surface area contributed by atoms with Crippen molar-refractivity contribution in [3.05, 3.63) is 0 Å². The van der Waals surface area contributed by atoms with Crippen molar-refractivity contribution in [1.82, 2.24) is 5.32 Å². The minimum atomic E-state index is -1.32. The number of amides is 1. The maximum absolute atomic E-state index is 11.8. The van der Waals surface area contributed by atoms with Gasteiger partial charge in [0.1, 0.15) is 5.25 Å². The van der Waals surface area contributed by atoms with Crippen molar-refractivity contribution >= 4 is 24.0 Å². The summed E-state index contributed by atoms with van der Waals surface area (Å²) >= 11 is -0.339. The van der Waals surface area contributed by atoms with Gasteiger partial charge in [0.25, 0.3) is 0 Å². The van der Waals surface area contributed by atoms with E-state index in [-0.39, 0.29) is 18.6 Å². The number of aliphatic carboxylic acids is 1. The summed E-state index contributed by atoms with van der Waals surface area (Å²) in [7, 11) is 1.37. The van der Waals surface area contributed by atoms with Gasteiger partial charge in [-0.25, -0.2) is 0 Å². The molecule has 0 saturated heterocycles. The van der Waals surface area contributed by atoms with Crippen molar-refractivity contribution in [2.24, 2.45) is 0 Å². The Morgan fingerprint density at radius 2 is 2.27 bits per heavy atom. The van der Waals surface area contributed by atoms with Gasteiger partial charge in [-0.05, 0) is 0 Å². The molecule has 6 heteroatoms. The van der Waals surface area contributed by atoms with Gasteiger partial charge in [-0.2, -0.15) is 3.89 Å². The maximum atomic E-state index is 11.8. The van der Waals surface area contributed by atoms with E-state index < -0.39 is 17.1 Å². The molecule has 0 saturated carbocycles. The zero-order valence-corrected chi connectivity index (χ0v) is 6.65. The summed E-state index contributed by atoms with van der Waals surface area (Å²) in [4.78, 5) is 20.7. The fourth-order valence-electron chi connectivity index (χ4n) is 0.427. The molecule has 0 aromatic carbocycles. The lowest BCUT2D eigenvalue weighted by atomic mass is 10.3. The van der Waals surface area contributed by atoms with Crippen LogP contribution >= 0.6 is 12.1 Å². The molecule has 4 nitrogen and oxygen atoms in total. The fourth-order valence-corrected chi connectivity index (χ4v) is 0.718. The smallest absolute Gasteiger partial charge is 0.319 e. The lowest BCUT2D eigenvalue weighted by molar-refractivity contribution is -0.138. The molecular formula is C5H8FNO3S. The van der Waals surface area contributed by atoms with Crippen LogP contribution in [-0.2, 0) is 9.59 Å². The van der Waals surface area contributed by atoms with Crippen LogP contribution in [0, 0.1) is 0 Å². The summed E-state index contributed by atoms with van der Waals surface area (Å²) in [5.41, 5.74) is 0. The number of carboxylic acid groups (broad SMARTS) is 1. The number of hydrogen-bond acceptors (Lipinski definition) is 3. The van der Waals surface area contributed by atoms with Gasteiger partial charge in [-0.3, -0.25) is 9.59 Å². The van der Waals surface area contributed by atoms with Gasteiger partial charge in [-0.1, -0.05) is 0 Å². The Hall–Kier alpha value is -0.780. The summed E-state index contributed by atoms with van der Waals surface area (Å²) in [6.45, 7) is 0. The molecule has 1 amide bonds. The van der Waals surface area contributed by atoms with E-state index in [1.807, 2.05) is 0 Å². The summed E-state index contributed by atoms with van der Waals surface area (Å²) in [5.74, 6) is -1.80. The topological polar surface area (TPSA) is 66.4 Å². The van der Waals surface area contributed by atoms with Crippen LogP contribution in [0.4, 0.5) is 3.89 Å². The van der Waals surface area contributed by atoms with Crippen LogP contribution in [0.15, 0.2) is 0 Å². The van der Waals surface area contributed by atoms with E-state index in [1.165, 1.54) is 7.05 Å². The van der Waals surface area contributed by atoms with Crippen LogP contribution < -0.4 is 5.32 Å². The average Bonchev–Trinajstić information content (AvgIpc) is 1.99. The molecule has 11 heavy (non-hydrogen) atoms. The second kappa shape index (κ2) is 4.95. The number of carbonyl (C=O) groups is 2. The standard InChI is InChI=1S/C5H8FNO3S/c1-7-4(8)2-3(11-6)5(9)10/h3H,2H2,1H3,(H,7,8)(H,9,10). The zero-order chi connectivity index (χ0) is 8.85. The minimum Gasteiger partial charge on any atom is -0.480 e. The Morgan fingerprint density at radius 3 is 2.55 bits per heavy atom. The van der Waals surface area contributed by atoms with E-state index in [0.29, 0.717) is 0 Å². The third kappa shape index (κ3) is 3.82. The molecular weight excluding hydrogens is 173 g/mol. The van der Waals surface area contributed by atoms with Crippen LogP contribution in [0.25, 0.3) is 0 Å². The van der Waals surface area contributed by atoms with E-state index in [2.05, 4.69) is 5.32 Å². The lowest BCUT2D eigenvalue weighted by Crippen LogP contribution is -2.26. The first kappa shape index (κ1) is 10.2. The van der Waals surface area contributed by atoms with Gasteiger partial charge >= 0.3 is 5.97 Å². The second-order valence-electron chi connectivity index (χ2n) is 1.79. The van der Waals surface area contributed by atoms with Crippen molar-refractivity contribution in [3.8, 4) is 0 Å². The molecule has 0 aliphatic rings. The molecule has 0 aromatic heterocycles. The quantitative estimate of drug-likeness (QED) is 0.650. The Bertz CT molecular complexity index is 164. The van der Waals surface area contributed by atoms with Crippen LogP contribution in [0.2, 0.25) is 0 Å². The summed E-state index contributed by atoms with van der Waals surface area (Å²) in [5, 5.41) is 9.18. The van der Waals surface area contributed by atoms with E-state index in [4.69, 9.17) is 5.11 Å². The van der Waals surface area contributed by atoms with Crippen molar-refractivity contribution in [2.45, 2.75) is 11.7 Å². The van der Waals surface area contributed by atoms with Crippen LogP contribution in [0.3, 0.4) is 0 Å². The first-order valence-corrected chi connectivity index (χ1v) is 3.60. The fraction of sp³-hybridized carbons (Fsp3) is 0.600. The number of halogens is 1. The Balaban J connectivity index is 3.88. The lowest BCUT2D eigenvalue weighted by Gasteiger charge is -2.03. The van der Waals surface area contributed by atoms with Crippen LogP contribution in [-0.4, -0.2) is 29.3 Å². The van der Waals surface area contributed by atoms with Crippen molar-refractivity contribution in [3.63, 3.8) is 0 Å². The predicted molar refractivity (Wildman–Crippen MR) is 38.8 cm³/mol. The van der Waals surface area contributed by atoms with E-state index in [0.717, 1.165) is 0 Å². The van der Waals surface area contributed by atoms with E-state index in [1.54, 1.807) is 0 Å². The molecule has 0 radical (unpaired) electrons. The molecule has 1 unspecified atom stereocenters. The molecule has 0 bridgehead atoms. The monoisotopic (exact) mass is 181 g/mol. The van der Waals surface area contributed by atoms with E-state index in [9.17, 15) is 13.5 Å². The SMILES string of the molecule is CNC(=O)CC(SF)C(=O)O. The zero-order valence-electron chi connectivity index (χ0n) is 5.83. The normalized spacial score (nSPS) is 12.2. The van der Waals surface area contributed by atoms with Crippen LogP contribution in [0.5, 0.6) is 0 Å². The largest absolute Gasteiger partial charge is 0.480 e. The van der Waals surface area contributed by atoms with Crippen molar-refractivity contribution in [2.75, 3.05) is 7.05 Å². The second-order valence-corrected chi connectivity index (χ2v) is 2.54. The molecule has 0 aliphatic heterocycles. The molecule has 1 atom stereocenters. The first-order chi connectivity index (χ1) is 5.11. The first-order valence-electron chi connectivity index (χ1n) is 2.82. The highest BCUT2D eigenvalue weighted by atomic mass is 32.2. The molecule has 0 fully saturated rings. The van der Waals surface area contributed by atoms with E-state index >= 15 is 0 Å². The average molecular weight is 181 g/mol. The third-order valence-corrected chi connectivity index (χ3v) is 1.62. The predicted octanol–water partition coefficient (Wildman–Crippen LogP) is 0.193. The molecule has 64 valence electrons. The molecule has 2 N–H and O–H groups in total. The number of rotatable bonds is 4. The summed E-state index contributed by atoms with van der Waals surface area (Å²) < 4.78 is 11.8. The summed E-state index contributed by atoms with van der Waals surface area (Å²) in [6.07, 6.45) is -0.340. The van der Waals surface area contributed by atoms with Gasteiger partial charge in [0.2, 0.25) is 5.91 Å². The Labute approximate surface area is 67.5 Å². The van der Waals surface area contributed by atoms with Gasteiger partial charge < -0.3 is 10.4 Å². The number of nitrogens with one attached hydrogen (secondary N) is 1. The number of hydrogen-bond donors (Lipinski definition) is 2. The minimum absolute atomic E-state index is 0.339. The molecule has 0 heterocycles. The molecule has 0 aliphatic carbocycles. The third-order valence-electron chi connectivity index (χ3n) is 1.03. The number of carbonyl (C=O) groups excluding carboxylic acids is 1. The highest BCUT2D eigenvalue weighted by molar-refractivity contribution is 7.95. The van der Waals surface area contributed by atoms with Gasteiger partial charge in [-0.15, -0.1) is 0 Å². The summed E-state index contributed by atoms with van der Waals surface area (Å²) in [6, 6.07) is 0. The Kier molecular flexibility index (Phi) is 4.60. The van der Waals surface area contributed by atoms with Crippen molar-refractivity contribution < 1.29 is 18.6 Å². The van der Waals surface area contributed by atoms with Crippen molar-refractivity contribution in [1.29, 1.82) is 0 Å². The molecule has 0 rings (SSSR count). The molecule has 0 spiro atoms. The highest BCUT2D eigenvalue weighted by Crippen LogP contribution is 2.15. The van der Waals surface area contributed by atoms with Crippen LogP contribution in [0.1, 0.15) is 6.42 Å². The Morgan fingerprint density at radius 1 is 1.73 bits per heavy atom. The van der Waals surface area contributed by atoms with Gasteiger partial charge in [0.15, 0.2) is 0 Å². The highest BCUT2D eigenvalue weighted by Gasteiger charge is 2.21. The number of carboxylic acids is 1. The van der Waals surface area contributed by atoms with Gasteiger partial charge in [0.05, 0.1) is 18.6 Å². The molecule has 0 aromatic rings. The van der Waals surface area contributed by atoms with Gasteiger partial charge in [0, 0.05) is 7.05 Å². The maximum Gasteiger partial charge on any atom is 0.319 e.